The summed E-state index contributed by atoms with van der Waals surface area (Å²) in [5, 5.41) is 34.5. The molecular formula is C107H100Ir3N3O12-3. The molecule has 0 spiro atoms. The van der Waals surface area contributed by atoms with Gasteiger partial charge in [-0.05, 0) is 195 Å². The number of pyridine rings is 3. The van der Waals surface area contributed by atoms with Gasteiger partial charge < -0.3 is 56.8 Å². The normalized spacial score (nSPS) is 11.9. The summed E-state index contributed by atoms with van der Waals surface area (Å²) in [5.41, 5.74) is 23.5. The van der Waals surface area contributed by atoms with Crippen molar-refractivity contribution in [2.75, 3.05) is 0 Å². The number of hydrogen-bond donors (Lipinski definition) is 3. The molecule has 0 unspecified atom stereocenters. The average Bonchev–Trinajstić information content (AvgIpc) is 1.64. The molecule has 645 valence electrons. The van der Waals surface area contributed by atoms with Crippen molar-refractivity contribution in [3.8, 4) is 67.7 Å². The zero-order valence-electron chi connectivity index (χ0n) is 73.5. The fourth-order valence-electron chi connectivity index (χ4n) is 14.6. The molecule has 18 heteroatoms. The smallest absolute Gasteiger partial charge is 0.155 e. The first-order chi connectivity index (χ1) is 57.9. The Morgan fingerprint density at radius 3 is 0.960 bits per heavy atom. The maximum atomic E-state index is 10.0. The number of hydrogen-bond acceptors (Lipinski definition) is 15. The number of aromatic nitrogens is 3. The molecule has 125 heavy (non-hydrogen) atoms. The summed E-state index contributed by atoms with van der Waals surface area (Å²) in [4.78, 5) is 44.3. The second-order valence-electron chi connectivity index (χ2n) is 34.2. The molecular weight excluding hydrogens is 2100 g/mol. The average molecular weight is 2200 g/mol. The first-order valence-electron chi connectivity index (χ1n) is 40.6. The van der Waals surface area contributed by atoms with E-state index < -0.39 is 0 Å². The predicted molar refractivity (Wildman–Crippen MR) is 494 cm³/mol. The van der Waals surface area contributed by atoms with Crippen LogP contribution in [0.3, 0.4) is 0 Å². The van der Waals surface area contributed by atoms with E-state index in [0.717, 1.165) is 166 Å². The van der Waals surface area contributed by atoms with Gasteiger partial charge in [-0.2, -0.15) is 0 Å². The monoisotopic (exact) mass is 2200 g/mol. The first-order valence-corrected chi connectivity index (χ1v) is 40.6. The largest absolute Gasteiger partial charge is 0.512 e. The number of para-hydroxylation sites is 3. The van der Waals surface area contributed by atoms with E-state index in [-0.39, 0.29) is 111 Å². The van der Waals surface area contributed by atoms with Crippen LogP contribution in [0.15, 0.2) is 281 Å². The number of aliphatic hydroxyl groups excluding tert-OH is 3. The summed E-state index contributed by atoms with van der Waals surface area (Å²) in [6.07, 6.45) is 9.11. The molecule has 9 aromatic carbocycles. The number of aliphatic hydroxyl groups is 3. The summed E-state index contributed by atoms with van der Waals surface area (Å²) in [7, 11) is 0. The van der Waals surface area contributed by atoms with Crippen LogP contribution < -0.4 is 0 Å². The third kappa shape index (κ3) is 22.4. The molecule has 0 aliphatic heterocycles. The standard InChI is InChI=1S/C33H30NO2.C31H26NO2.C28H20NO2.3C5H8O2.3Ir/c1-32(2,3)22-14-20(15-23(17-22)33(4,5)6)29-16-21-19-34-27(18-30(21)35-29)26-12-9-11-25-24-10-7-8-13-28(24)36-31(25)26;1-18-13-21(31(3,4)5)14-19(2)29(18)28-15-20-17-32-25(16-27(20)33-28)24-11-8-10-23-22-9-6-7-12-26(22)34-30(23)24;1-17(2)18-10-12-19(13-11-18)26-14-20-16-29-24(15-27(20)30-26)23-8-5-7-22-21-6-3-4-9-25(21)31-28(22)23;3*1-4(6)3-5(2)7;;;/h7-11,13-19H,1-6H3;6-10,12-17H,1-5H3;3-7,9-17H,1-2H3;3*3,6H,1-2H3;;;/q3*-1;;;;;;. The Morgan fingerprint density at radius 2 is 0.656 bits per heavy atom. The Hall–Kier alpha value is -12.0. The molecule has 0 fully saturated rings. The molecule has 3 N–H and O–H groups in total. The van der Waals surface area contributed by atoms with Crippen molar-refractivity contribution < 1.29 is 117 Å². The molecule has 18 aromatic rings. The van der Waals surface area contributed by atoms with Gasteiger partial charge in [0.25, 0.3) is 0 Å². The Labute approximate surface area is 768 Å². The molecule has 0 atom stereocenters. The summed E-state index contributed by atoms with van der Waals surface area (Å²) in [6, 6.07) is 78.3. The molecule has 0 saturated heterocycles. The van der Waals surface area contributed by atoms with Crippen LogP contribution in [0.1, 0.15) is 157 Å². The van der Waals surface area contributed by atoms with Crippen molar-refractivity contribution in [3.05, 3.63) is 306 Å². The molecule has 0 aliphatic carbocycles. The predicted octanol–water partition coefficient (Wildman–Crippen LogP) is 29.3. The molecule has 0 amide bonds. The summed E-state index contributed by atoms with van der Waals surface area (Å²) < 4.78 is 37.6. The van der Waals surface area contributed by atoms with Gasteiger partial charge in [-0.3, -0.25) is 14.4 Å². The van der Waals surface area contributed by atoms with E-state index in [4.69, 9.17) is 56.8 Å². The molecule has 9 aromatic heterocycles. The minimum Gasteiger partial charge on any atom is -0.512 e. The Balaban J connectivity index is 0.000000174. The molecule has 0 saturated carbocycles. The molecule has 0 aliphatic rings. The minimum absolute atomic E-state index is 0. The maximum absolute atomic E-state index is 10.0. The van der Waals surface area contributed by atoms with Crippen LogP contribution in [0.5, 0.6) is 0 Å². The van der Waals surface area contributed by atoms with Crippen molar-refractivity contribution >= 4 is 116 Å². The first kappa shape index (κ1) is 95.3. The SMILES string of the molecule is CC(=O)C=C(C)O.CC(=O)C=C(C)O.CC(=O)C=C(C)O.CC(C)(C)c1cc(-c2cc3cnc(-c4[c-]ccc5c4oc4ccccc45)cc3o2)cc(C(C)(C)C)c1.CC(C)c1ccc(-c2cc3cnc(-c4[c-]ccc5c4oc4ccccc45)cc3o2)cc1.Cc1cc(C(C)(C)C)cc(C)c1-c1cc2cnc(-c3[c-]ccc4c3oc3ccccc34)cc2o1.[Ir].[Ir].[Ir]. The Bertz CT molecular complexity index is 6940. The van der Waals surface area contributed by atoms with E-state index in [9.17, 15) is 14.4 Å². The van der Waals surface area contributed by atoms with Gasteiger partial charge in [-0.1, -0.05) is 206 Å². The molecule has 3 radical (unpaired) electrons. The summed E-state index contributed by atoms with van der Waals surface area (Å²) in [5.74, 6) is 2.89. The van der Waals surface area contributed by atoms with Crippen LogP contribution in [0, 0.1) is 32.0 Å². The van der Waals surface area contributed by atoms with E-state index in [2.05, 4.69) is 193 Å². The number of fused-ring (bicyclic) bond motifs is 12. The van der Waals surface area contributed by atoms with E-state index >= 15 is 0 Å². The third-order valence-corrected chi connectivity index (χ3v) is 20.7. The van der Waals surface area contributed by atoms with Crippen molar-refractivity contribution in [2.24, 2.45) is 0 Å². The van der Waals surface area contributed by atoms with E-state index in [1.54, 1.807) is 0 Å². The van der Waals surface area contributed by atoms with Gasteiger partial charge in [0.15, 0.2) is 17.3 Å². The van der Waals surface area contributed by atoms with Crippen molar-refractivity contribution in [1.82, 2.24) is 15.0 Å². The van der Waals surface area contributed by atoms with Crippen LogP contribution in [0.4, 0.5) is 0 Å². The van der Waals surface area contributed by atoms with Gasteiger partial charge in [0.1, 0.15) is 50.8 Å². The van der Waals surface area contributed by atoms with Crippen LogP contribution in [-0.2, 0) is 90.9 Å². The van der Waals surface area contributed by atoms with E-state index in [1.807, 2.05) is 134 Å². The number of furan rings is 6. The summed E-state index contributed by atoms with van der Waals surface area (Å²) in [6.45, 7) is 37.5. The van der Waals surface area contributed by atoms with Gasteiger partial charge in [0.05, 0.1) is 34.0 Å². The van der Waals surface area contributed by atoms with Crippen molar-refractivity contribution in [2.45, 2.75) is 154 Å². The number of rotatable bonds is 10. The minimum atomic E-state index is -0.125. The molecule has 0 bridgehead atoms. The van der Waals surface area contributed by atoms with Crippen LogP contribution in [0.25, 0.3) is 166 Å². The van der Waals surface area contributed by atoms with Crippen molar-refractivity contribution in [3.63, 3.8) is 0 Å². The van der Waals surface area contributed by atoms with Gasteiger partial charge in [0.2, 0.25) is 0 Å². The van der Waals surface area contributed by atoms with Crippen LogP contribution in [-0.4, -0.2) is 47.6 Å². The van der Waals surface area contributed by atoms with Crippen LogP contribution in [0.2, 0.25) is 0 Å². The number of aryl methyl sites for hydroxylation is 2. The quantitative estimate of drug-likeness (QED) is 0.0657. The molecule has 15 nitrogen and oxygen atoms in total. The zero-order chi connectivity index (χ0) is 87.4. The van der Waals surface area contributed by atoms with Crippen molar-refractivity contribution in [1.29, 1.82) is 0 Å². The second kappa shape index (κ2) is 39.9. The third-order valence-electron chi connectivity index (χ3n) is 20.7. The molecule has 9 heterocycles. The maximum Gasteiger partial charge on any atom is 0.155 e. The van der Waals surface area contributed by atoms with Crippen LogP contribution >= 0.6 is 0 Å². The number of carbonyl (C=O) groups is 3. The fourth-order valence-corrected chi connectivity index (χ4v) is 14.6. The fraction of sp³-hybridized carbons (Fsp3) is 0.215. The van der Waals surface area contributed by atoms with E-state index in [1.165, 1.54) is 93.2 Å². The zero-order valence-corrected chi connectivity index (χ0v) is 80.6. The van der Waals surface area contributed by atoms with Gasteiger partial charge in [-0.15, -0.1) is 54.6 Å². The summed E-state index contributed by atoms with van der Waals surface area (Å²) >= 11 is 0. The molecule has 18 rings (SSSR count). The number of allylic oxidation sites excluding steroid dienone is 6. The van der Waals surface area contributed by atoms with Gasteiger partial charge in [-0.25, -0.2) is 0 Å². The number of carbonyl (C=O) groups excluding carboxylic acids is 3. The Kier molecular flexibility index (Phi) is 30.4. The van der Waals surface area contributed by atoms with E-state index in [0.29, 0.717) is 5.92 Å². The number of nitrogens with zero attached hydrogens (tertiary/aromatic N) is 3. The number of benzene rings is 9. The Morgan fingerprint density at radius 1 is 0.352 bits per heavy atom. The number of ketones is 3. The van der Waals surface area contributed by atoms with Gasteiger partial charge >= 0.3 is 0 Å². The topological polar surface area (TPSA) is 229 Å². The second-order valence-corrected chi connectivity index (χ2v) is 34.2. The van der Waals surface area contributed by atoms with Gasteiger partial charge in [0, 0.05) is 146 Å².